The number of rotatable bonds is 3. The molecule has 1 fully saturated rings. The zero-order valence-electron chi connectivity index (χ0n) is 20.2. The van der Waals surface area contributed by atoms with Crippen molar-refractivity contribution in [2.24, 2.45) is 0 Å². The summed E-state index contributed by atoms with van der Waals surface area (Å²) in [5, 5.41) is 19.9. The number of nitrogens with zero attached hydrogens (tertiary/aromatic N) is 4. The lowest BCUT2D eigenvalue weighted by atomic mass is 9.78. The number of phenolic OH excluding ortho intramolecular Hbond substituents is 1. The number of hydrogen-bond acceptors (Lipinski definition) is 7. The van der Waals surface area contributed by atoms with Gasteiger partial charge in [0.25, 0.3) is 5.91 Å². The van der Waals surface area contributed by atoms with Crippen LogP contribution in [0.15, 0.2) is 22.9 Å². The van der Waals surface area contributed by atoms with Crippen LogP contribution < -0.4 is 0 Å². The van der Waals surface area contributed by atoms with Gasteiger partial charge in [-0.2, -0.15) is 0 Å². The molecule has 1 aliphatic rings. The molecule has 1 aliphatic heterocycles. The number of likely N-dealkylation sites (tertiary alicyclic amines) is 1. The Hall–Kier alpha value is -2.32. The van der Waals surface area contributed by atoms with Crippen molar-refractivity contribution in [3.8, 4) is 17.0 Å². The number of piperidine rings is 1. The first-order chi connectivity index (χ1) is 15.4. The van der Waals surface area contributed by atoms with E-state index in [1.165, 1.54) is 11.5 Å². The highest BCUT2D eigenvalue weighted by Crippen LogP contribution is 2.42. The molecule has 176 valence electrons. The number of hydrogen-bond donors (Lipinski definition) is 1. The summed E-state index contributed by atoms with van der Waals surface area (Å²) in [6, 6.07) is 4.18. The van der Waals surface area contributed by atoms with Gasteiger partial charge in [0.1, 0.15) is 5.75 Å². The first kappa shape index (κ1) is 23.8. The summed E-state index contributed by atoms with van der Waals surface area (Å²) in [4.78, 5) is 19.4. The molecule has 3 aromatic rings. The first-order valence-electron chi connectivity index (χ1n) is 11.3. The number of thiazole rings is 1. The summed E-state index contributed by atoms with van der Waals surface area (Å²) < 4.78 is 3.80. The topological polar surface area (TPSA) is 79.2 Å². The molecule has 0 saturated carbocycles. The second-order valence-corrected chi connectivity index (χ2v) is 12.3. The number of amides is 1. The Kier molecular flexibility index (Phi) is 6.35. The van der Waals surface area contributed by atoms with Crippen molar-refractivity contribution < 1.29 is 9.90 Å². The van der Waals surface area contributed by atoms with E-state index in [4.69, 9.17) is 4.98 Å². The van der Waals surface area contributed by atoms with Crippen LogP contribution in [-0.2, 0) is 10.8 Å². The maximum Gasteiger partial charge on any atom is 0.275 e. The highest BCUT2D eigenvalue weighted by atomic mass is 32.1. The maximum absolute atomic E-state index is 12.5. The fourth-order valence-corrected chi connectivity index (χ4v) is 5.71. The molecule has 3 heterocycles. The Morgan fingerprint density at radius 1 is 1.03 bits per heavy atom. The van der Waals surface area contributed by atoms with Gasteiger partial charge in [0.2, 0.25) is 0 Å². The van der Waals surface area contributed by atoms with Gasteiger partial charge in [0.05, 0.1) is 10.7 Å². The third kappa shape index (κ3) is 4.96. The predicted molar refractivity (Wildman–Crippen MR) is 134 cm³/mol. The van der Waals surface area contributed by atoms with Gasteiger partial charge in [0.15, 0.2) is 5.69 Å². The van der Waals surface area contributed by atoms with E-state index in [0.717, 1.165) is 40.2 Å². The minimum absolute atomic E-state index is 0.0319. The van der Waals surface area contributed by atoms with Crippen molar-refractivity contribution in [1.82, 2.24) is 19.5 Å². The lowest BCUT2D eigenvalue weighted by Crippen LogP contribution is -2.38. The van der Waals surface area contributed by atoms with Crippen LogP contribution >= 0.6 is 22.9 Å². The SMILES string of the molecule is CC(C)(C)c1cc(-c2csc(C3CCN(C(=O)c4csnn4)CC3)n2)cc(C(C)(C)C)c1O. The fourth-order valence-electron chi connectivity index (χ4n) is 4.28. The smallest absolute Gasteiger partial charge is 0.275 e. The Balaban J connectivity index is 1.56. The van der Waals surface area contributed by atoms with Gasteiger partial charge in [-0.15, -0.1) is 16.4 Å². The molecule has 6 nitrogen and oxygen atoms in total. The molecule has 4 rings (SSSR count). The van der Waals surface area contributed by atoms with Gasteiger partial charge in [-0.25, -0.2) is 4.98 Å². The van der Waals surface area contributed by atoms with Crippen molar-refractivity contribution in [2.75, 3.05) is 13.1 Å². The van der Waals surface area contributed by atoms with Crippen LogP contribution in [0, 0.1) is 0 Å². The number of phenols is 1. The molecule has 0 unspecified atom stereocenters. The van der Waals surface area contributed by atoms with Gasteiger partial charge in [-0.05, 0) is 47.3 Å². The molecule has 8 heteroatoms. The maximum atomic E-state index is 12.5. The second-order valence-electron chi connectivity index (χ2n) is 10.8. The molecule has 33 heavy (non-hydrogen) atoms. The van der Waals surface area contributed by atoms with E-state index in [1.807, 2.05) is 4.90 Å². The molecular formula is C25H32N4O2S2. The van der Waals surface area contributed by atoms with E-state index in [1.54, 1.807) is 16.7 Å². The average Bonchev–Trinajstić information content (AvgIpc) is 3.44. The Morgan fingerprint density at radius 2 is 1.64 bits per heavy atom. The fraction of sp³-hybridized carbons (Fsp3) is 0.520. The highest BCUT2D eigenvalue weighted by Gasteiger charge is 2.29. The zero-order valence-corrected chi connectivity index (χ0v) is 21.8. The minimum atomic E-state index is -0.175. The molecule has 1 saturated heterocycles. The van der Waals surface area contributed by atoms with Gasteiger partial charge < -0.3 is 10.0 Å². The summed E-state index contributed by atoms with van der Waals surface area (Å²) in [5.74, 6) is 0.708. The third-order valence-corrected chi connectivity index (χ3v) is 7.77. The number of carbonyl (C=O) groups is 1. The Bertz CT molecular complexity index is 1100. The minimum Gasteiger partial charge on any atom is -0.507 e. The van der Waals surface area contributed by atoms with Crippen molar-refractivity contribution in [3.63, 3.8) is 0 Å². The number of benzene rings is 1. The molecule has 1 amide bonds. The molecule has 0 radical (unpaired) electrons. The number of aromatic nitrogens is 3. The quantitative estimate of drug-likeness (QED) is 0.494. The lowest BCUT2D eigenvalue weighted by molar-refractivity contribution is 0.0707. The molecule has 0 spiro atoms. The van der Waals surface area contributed by atoms with Crippen LogP contribution in [0.2, 0.25) is 0 Å². The van der Waals surface area contributed by atoms with E-state index in [9.17, 15) is 9.90 Å². The standard InChI is InChI=1S/C25H32N4O2S2/c1-24(2,3)17-11-16(12-18(21(17)30)25(4,5)6)19-13-32-22(26-19)15-7-9-29(10-8-15)23(31)20-14-33-28-27-20/h11-15,30H,7-10H2,1-6H3. The lowest BCUT2D eigenvalue weighted by Gasteiger charge is -2.30. The molecule has 1 N–H and O–H groups in total. The van der Waals surface area contributed by atoms with Crippen molar-refractivity contribution in [3.05, 3.63) is 44.7 Å². The van der Waals surface area contributed by atoms with Crippen molar-refractivity contribution in [2.45, 2.75) is 71.1 Å². The predicted octanol–water partition coefficient (Wildman–Crippen LogP) is 5.98. The molecule has 0 aliphatic carbocycles. The Labute approximate surface area is 203 Å². The van der Waals surface area contributed by atoms with E-state index >= 15 is 0 Å². The summed E-state index contributed by atoms with van der Waals surface area (Å²) in [6.07, 6.45) is 1.79. The van der Waals surface area contributed by atoms with Crippen LogP contribution in [0.25, 0.3) is 11.3 Å². The van der Waals surface area contributed by atoms with Crippen molar-refractivity contribution in [1.29, 1.82) is 0 Å². The van der Waals surface area contributed by atoms with Crippen LogP contribution in [-0.4, -0.2) is 43.6 Å². The second kappa shape index (κ2) is 8.80. The van der Waals surface area contributed by atoms with E-state index in [-0.39, 0.29) is 16.7 Å². The molecule has 0 atom stereocenters. The Morgan fingerprint density at radius 3 is 2.15 bits per heavy atom. The van der Waals surface area contributed by atoms with E-state index < -0.39 is 0 Å². The molecule has 2 aromatic heterocycles. The molecule has 0 bridgehead atoms. The molecule has 1 aromatic carbocycles. The highest BCUT2D eigenvalue weighted by molar-refractivity contribution is 7.10. The summed E-state index contributed by atoms with van der Waals surface area (Å²) in [6.45, 7) is 14.2. The van der Waals surface area contributed by atoms with E-state index in [0.29, 0.717) is 30.5 Å². The van der Waals surface area contributed by atoms with Crippen LogP contribution in [0.5, 0.6) is 5.75 Å². The normalized spacial score (nSPS) is 15.8. The average molecular weight is 485 g/mol. The number of aromatic hydroxyl groups is 1. The monoisotopic (exact) mass is 484 g/mol. The summed E-state index contributed by atoms with van der Waals surface area (Å²) in [7, 11) is 0. The van der Waals surface area contributed by atoms with Gasteiger partial charge in [-0.3, -0.25) is 4.79 Å². The van der Waals surface area contributed by atoms with Crippen LogP contribution in [0.1, 0.15) is 86.9 Å². The zero-order chi connectivity index (χ0) is 24.0. The van der Waals surface area contributed by atoms with E-state index in [2.05, 4.69) is 68.6 Å². The van der Waals surface area contributed by atoms with Crippen LogP contribution in [0.4, 0.5) is 0 Å². The van der Waals surface area contributed by atoms with Crippen molar-refractivity contribution >= 4 is 28.8 Å². The molecular weight excluding hydrogens is 452 g/mol. The summed E-state index contributed by atoms with van der Waals surface area (Å²) >= 11 is 2.89. The third-order valence-electron chi connectivity index (χ3n) is 6.25. The largest absolute Gasteiger partial charge is 0.507 e. The number of carbonyl (C=O) groups excluding carboxylic acids is 1. The van der Waals surface area contributed by atoms with Gasteiger partial charge in [0, 0.05) is 46.5 Å². The first-order valence-corrected chi connectivity index (χ1v) is 13.1. The van der Waals surface area contributed by atoms with Gasteiger partial charge >= 0.3 is 0 Å². The summed E-state index contributed by atoms with van der Waals surface area (Å²) in [5.41, 5.74) is 3.99. The van der Waals surface area contributed by atoms with Crippen LogP contribution in [0.3, 0.4) is 0 Å². The van der Waals surface area contributed by atoms with Gasteiger partial charge in [-0.1, -0.05) is 46.0 Å².